The smallest absolute Gasteiger partial charge is 0.272 e. The van der Waals surface area contributed by atoms with Gasteiger partial charge in [0.05, 0.1) is 6.26 Å². The Balaban J connectivity index is 1.78. The number of carbonyl (C=O) groups excluding carboxylic acids is 1. The third-order valence-corrected chi connectivity index (χ3v) is 4.16. The molecule has 5 nitrogen and oxygen atoms in total. The van der Waals surface area contributed by atoms with Crippen molar-refractivity contribution in [2.45, 2.75) is 58.0 Å². The van der Waals surface area contributed by atoms with Gasteiger partial charge in [-0.05, 0) is 31.4 Å². The fourth-order valence-electron chi connectivity index (χ4n) is 3.04. The molecule has 1 fully saturated rings. The highest BCUT2D eigenvalue weighted by Gasteiger charge is 2.20. The topological polar surface area (TPSA) is 60.1 Å². The van der Waals surface area contributed by atoms with E-state index in [9.17, 15) is 4.79 Å². The van der Waals surface area contributed by atoms with Gasteiger partial charge >= 0.3 is 0 Å². The third kappa shape index (κ3) is 3.24. The second-order valence-electron chi connectivity index (χ2n) is 5.92. The van der Waals surface area contributed by atoms with Gasteiger partial charge in [-0.25, -0.2) is 0 Å². The van der Waals surface area contributed by atoms with Gasteiger partial charge < -0.3 is 9.73 Å². The van der Waals surface area contributed by atoms with Crippen molar-refractivity contribution in [1.82, 2.24) is 15.1 Å². The number of furan rings is 1. The van der Waals surface area contributed by atoms with E-state index in [1.54, 1.807) is 6.26 Å². The number of hydrogen-bond acceptors (Lipinski definition) is 3. The van der Waals surface area contributed by atoms with E-state index in [4.69, 9.17) is 4.42 Å². The number of amides is 1. The van der Waals surface area contributed by atoms with Gasteiger partial charge in [-0.2, -0.15) is 5.10 Å². The van der Waals surface area contributed by atoms with Gasteiger partial charge in [0.15, 0.2) is 11.5 Å². The summed E-state index contributed by atoms with van der Waals surface area (Å²) in [6.45, 7) is 2.86. The molecule has 0 unspecified atom stereocenters. The Morgan fingerprint density at radius 2 is 2.23 bits per heavy atom. The monoisotopic (exact) mass is 301 g/mol. The summed E-state index contributed by atoms with van der Waals surface area (Å²) in [6.07, 6.45) is 8.43. The summed E-state index contributed by atoms with van der Waals surface area (Å²) < 4.78 is 7.31. The summed E-state index contributed by atoms with van der Waals surface area (Å²) >= 11 is 0. The number of carbonyl (C=O) groups is 1. The molecule has 3 rings (SSSR count). The molecule has 0 aromatic carbocycles. The summed E-state index contributed by atoms with van der Waals surface area (Å²) in [5, 5.41) is 7.58. The predicted octanol–water partition coefficient (Wildman–Crippen LogP) is 3.62. The average molecular weight is 301 g/mol. The quantitative estimate of drug-likeness (QED) is 0.917. The molecule has 0 aliphatic heterocycles. The lowest BCUT2D eigenvalue weighted by molar-refractivity contribution is 0.0921. The van der Waals surface area contributed by atoms with Crippen LogP contribution >= 0.6 is 0 Å². The molecule has 1 N–H and O–H groups in total. The van der Waals surface area contributed by atoms with Crippen LogP contribution in [0, 0.1) is 0 Å². The van der Waals surface area contributed by atoms with Gasteiger partial charge in [0.2, 0.25) is 0 Å². The van der Waals surface area contributed by atoms with Crippen LogP contribution in [0.4, 0.5) is 0 Å². The van der Waals surface area contributed by atoms with E-state index >= 15 is 0 Å². The lowest BCUT2D eigenvalue weighted by Crippen LogP contribution is -2.36. The minimum atomic E-state index is -0.0745. The first-order valence-corrected chi connectivity index (χ1v) is 8.20. The molecule has 1 amide bonds. The van der Waals surface area contributed by atoms with Crippen LogP contribution in [0.3, 0.4) is 0 Å². The number of rotatable bonds is 5. The number of nitrogens with one attached hydrogen (secondary N) is 1. The molecule has 118 valence electrons. The molecule has 2 aromatic heterocycles. The largest absolute Gasteiger partial charge is 0.463 e. The molecule has 1 aliphatic carbocycles. The summed E-state index contributed by atoms with van der Waals surface area (Å²) in [5.74, 6) is 0.673. The first-order valence-electron chi connectivity index (χ1n) is 8.20. The summed E-state index contributed by atoms with van der Waals surface area (Å²) in [7, 11) is 0. The van der Waals surface area contributed by atoms with Crippen LogP contribution in [0.5, 0.6) is 0 Å². The van der Waals surface area contributed by atoms with Crippen molar-refractivity contribution in [3.63, 3.8) is 0 Å². The SMILES string of the molecule is CCCn1nc(C(=O)NC2CCCCC2)cc1-c1ccco1. The van der Waals surface area contributed by atoms with Crippen molar-refractivity contribution in [2.75, 3.05) is 0 Å². The lowest BCUT2D eigenvalue weighted by atomic mass is 9.95. The normalized spacial score (nSPS) is 15.9. The second kappa shape index (κ2) is 6.81. The molecule has 0 spiro atoms. The highest BCUT2D eigenvalue weighted by atomic mass is 16.3. The van der Waals surface area contributed by atoms with Crippen LogP contribution in [0.2, 0.25) is 0 Å². The molecular weight excluding hydrogens is 278 g/mol. The Morgan fingerprint density at radius 1 is 1.41 bits per heavy atom. The zero-order valence-electron chi connectivity index (χ0n) is 13.0. The lowest BCUT2D eigenvalue weighted by Gasteiger charge is -2.22. The summed E-state index contributed by atoms with van der Waals surface area (Å²) in [5.41, 5.74) is 1.34. The van der Waals surface area contributed by atoms with Gasteiger partial charge in [0.25, 0.3) is 5.91 Å². The van der Waals surface area contributed by atoms with E-state index in [-0.39, 0.29) is 5.91 Å². The number of aromatic nitrogens is 2. The molecule has 0 atom stereocenters. The summed E-state index contributed by atoms with van der Waals surface area (Å²) in [4.78, 5) is 12.4. The summed E-state index contributed by atoms with van der Waals surface area (Å²) in [6, 6.07) is 5.86. The number of aryl methyl sites for hydroxylation is 1. The van der Waals surface area contributed by atoms with E-state index in [0.717, 1.165) is 37.3 Å². The fraction of sp³-hybridized carbons (Fsp3) is 0.529. The third-order valence-electron chi connectivity index (χ3n) is 4.16. The molecule has 2 heterocycles. The second-order valence-corrected chi connectivity index (χ2v) is 5.92. The number of nitrogens with zero attached hydrogens (tertiary/aromatic N) is 2. The molecule has 5 heteroatoms. The van der Waals surface area contributed by atoms with E-state index in [0.29, 0.717) is 11.7 Å². The Morgan fingerprint density at radius 3 is 2.91 bits per heavy atom. The standard InChI is InChI=1S/C17H23N3O2/c1-2-10-20-15(16-9-6-11-22-16)12-14(19-20)17(21)18-13-7-4-3-5-8-13/h6,9,11-13H,2-5,7-8,10H2,1H3,(H,18,21). The van der Waals surface area contributed by atoms with E-state index in [1.807, 2.05) is 22.9 Å². The zero-order valence-corrected chi connectivity index (χ0v) is 13.0. The van der Waals surface area contributed by atoms with Gasteiger partial charge in [0.1, 0.15) is 5.69 Å². The van der Waals surface area contributed by atoms with Crippen molar-refractivity contribution in [1.29, 1.82) is 0 Å². The maximum atomic E-state index is 12.4. The first-order chi connectivity index (χ1) is 10.8. The fourth-order valence-corrected chi connectivity index (χ4v) is 3.04. The first kappa shape index (κ1) is 14.9. The van der Waals surface area contributed by atoms with Crippen LogP contribution in [-0.2, 0) is 6.54 Å². The molecule has 2 aromatic rings. The molecule has 22 heavy (non-hydrogen) atoms. The maximum absolute atomic E-state index is 12.4. The van der Waals surface area contributed by atoms with Gasteiger partial charge in [-0.1, -0.05) is 26.2 Å². The highest BCUT2D eigenvalue weighted by molar-refractivity contribution is 5.93. The van der Waals surface area contributed by atoms with Gasteiger partial charge in [-0.3, -0.25) is 9.48 Å². The minimum Gasteiger partial charge on any atom is -0.463 e. The molecule has 0 radical (unpaired) electrons. The van der Waals surface area contributed by atoms with Gasteiger partial charge in [-0.15, -0.1) is 0 Å². The van der Waals surface area contributed by atoms with E-state index < -0.39 is 0 Å². The van der Waals surface area contributed by atoms with Crippen molar-refractivity contribution in [2.24, 2.45) is 0 Å². The molecule has 0 bridgehead atoms. The van der Waals surface area contributed by atoms with Crippen molar-refractivity contribution >= 4 is 5.91 Å². The van der Waals surface area contributed by atoms with Crippen LogP contribution in [0.15, 0.2) is 28.9 Å². The van der Waals surface area contributed by atoms with Crippen molar-refractivity contribution in [3.8, 4) is 11.5 Å². The molecular formula is C17H23N3O2. The molecule has 0 saturated heterocycles. The van der Waals surface area contributed by atoms with E-state index in [1.165, 1.54) is 19.3 Å². The van der Waals surface area contributed by atoms with Gasteiger partial charge in [0, 0.05) is 18.7 Å². The number of hydrogen-bond donors (Lipinski definition) is 1. The average Bonchev–Trinajstić information content (AvgIpc) is 3.17. The van der Waals surface area contributed by atoms with Crippen LogP contribution in [0.1, 0.15) is 55.9 Å². The van der Waals surface area contributed by atoms with Crippen LogP contribution < -0.4 is 5.32 Å². The minimum absolute atomic E-state index is 0.0745. The Bertz CT molecular complexity index is 610. The molecule has 1 aliphatic rings. The zero-order chi connectivity index (χ0) is 15.4. The highest BCUT2D eigenvalue weighted by Crippen LogP contribution is 2.22. The predicted molar refractivity (Wildman–Crippen MR) is 84.6 cm³/mol. The Labute approximate surface area is 130 Å². The Kier molecular flexibility index (Phi) is 4.61. The molecule has 1 saturated carbocycles. The van der Waals surface area contributed by atoms with Crippen LogP contribution in [0.25, 0.3) is 11.5 Å². The van der Waals surface area contributed by atoms with Crippen molar-refractivity contribution in [3.05, 3.63) is 30.2 Å². The Hall–Kier alpha value is -2.04. The van der Waals surface area contributed by atoms with Crippen molar-refractivity contribution < 1.29 is 9.21 Å². The maximum Gasteiger partial charge on any atom is 0.272 e. The van der Waals surface area contributed by atoms with E-state index in [2.05, 4.69) is 17.3 Å². The van der Waals surface area contributed by atoms with Crippen LogP contribution in [-0.4, -0.2) is 21.7 Å².